The van der Waals surface area contributed by atoms with Crippen LogP contribution >= 0.6 is 0 Å². The molecule has 0 aromatic carbocycles. The molecule has 0 aliphatic heterocycles. The second kappa shape index (κ2) is 11.7. The van der Waals surface area contributed by atoms with E-state index < -0.39 is 5.97 Å². The molecule has 0 unspecified atom stereocenters. The van der Waals surface area contributed by atoms with Crippen LogP contribution in [0.1, 0.15) is 23.0 Å². The van der Waals surface area contributed by atoms with Crippen LogP contribution in [-0.2, 0) is 4.74 Å². The molecule has 0 amide bonds. The molecule has 1 aromatic rings. The van der Waals surface area contributed by atoms with Gasteiger partial charge in [0.1, 0.15) is 5.71 Å². The van der Waals surface area contributed by atoms with Gasteiger partial charge in [-0.05, 0) is 24.6 Å². The fourth-order valence-corrected chi connectivity index (χ4v) is 1.84. The predicted molar refractivity (Wildman–Crippen MR) is 96.3 cm³/mol. The average molecular weight is 345 g/mol. The molecule has 0 fully saturated rings. The molecule has 0 radical (unpaired) electrons. The number of rotatable bonds is 11. The Labute approximate surface area is 147 Å². The van der Waals surface area contributed by atoms with Crippen LogP contribution in [0, 0.1) is 0 Å². The Kier molecular flexibility index (Phi) is 9.50. The van der Waals surface area contributed by atoms with E-state index in [1.807, 2.05) is 25.2 Å². The number of nitrogens with zero attached hydrogens (tertiary/aromatic N) is 2. The first-order valence-corrected chi connectivity index (χ1v) is 7.75. The van der Waals surface area contributed by atoms with Gasteiger partial charge in [-0.1, -0.05) is 36.0 Å². The minimum Gasteiger partial charge on any atom is -0.478 e. The van der Waals surface area contributed by atoms with Crippen molar-refractivity contribution >= 4 is 11.7 Å². The van der Waals surface area contributed by atoms with E-state index in [2.05, 4.69) is 22.0 Å². The van der Waals surface area contributed by atoms with Gasteiger partial charge in [-0.2, -0.15) is 0 Å². The summed E-state index contributed by atoms with van der Waals surface area (Å²) in [4.78, 5) is 15.0. The smallest absolute Gasteiger partial charge is 0.335 e. The minimum absolute atomic E-state index is 0.0248. The van der Waals surface area contributed by atoms with Crippen LogP contribution in [-0.4, -0.2) is 53.3 Å². The van der Waals surface area contributed by atoms with Gasteiger partial charge < -0.3 is 20.4 Å². The molecule has 0 aliphatic rings. The predicted octanol–water partition coefficient (Wildman–Crippen LogP) is 2.25. The summed E-state index contributed by atoms with van der Waals surface area (Å²) in [5.41, 5.74) is 1.56. The number of hydrogen-bond acceptors (Lipinski definition) is 6. The number of carbonyl (C=O) groups is 1. The van der Waals surface area contributed by atoms with Crippen LogP contribution in [0.2, 0.25) is 0 Å². The van der Waals surface area contributed by atoms with Crippen molar-refractivity contribution in [2.75, 3.05) is 26.3 Å². The third-order valence-corrected chi connectivity index (χ3v) is 3.18. The molecule has 0 saturated heterocycles. The van der Waals surface area contributed by atoms with E-state index in [4.69, 9.17) is 15.1 Å². The van der Waals surface area contributed by atoms with Crippen LogP contribution < -0.4 is 5.32 Å². The zero-order valence-electron chi connectivity index (χ0n) is 14.2. The quantitative estimate of drug-likeness (QED) is 0.187. The fraction of sp³-hybridized carbons (Fsp3) is 0.278. The summed E-state index contributed by atoms with van der Waals surface area (Å²) in [6.45, 7) is 7.38. The number of carboxylic acids is 1. The van der Waals surface area contributed by atoms with Gasteiger partial charge >= 0.3 is 5.97 Å². The number of aromatic nitrogens is 1. The average Bonchev–Trinajstić information content (AvgIpc) is 2.63. The highest BCUT2D eigenvalue weighted by atomic mass is 16.5. The standard InChI is InChI=1S/C18H23N3O4/c1-3-5-6-14(4-2)12-19-9-10-25-13-17(21-24)16-11-15(18(22)23)7-8-20-16/h3-8,11,19,24H,2,9-10,12-13H2,1H3,(H,22,23)/b5-3-,14-6+,21-17+. The Hall–Kier alpha value is -2.77. The Morgan fingerprint density at radius 3 is 2.96 bits per heavy atom. The Bertz CT molecular complexity index is 666. The lowest BCUT2D eigenvalue weighted by Gasteiger charge is -2.08. The summed E-state index contributed by atoms with van der Waals surface area (Å²) in [7, 11) is 0. The summed E-state index contributed by atoms with van der Waals surface area (Å²) < 4.78 is 5.44. The van der Waals surface area contributed by atoms with Crippen molar-refractivity contribution in [3.8, 4) is 0 Å². The highest BCUT2D eigenvalue weighted by Crippen LogP contribution is 2.04. The monoisotopic (exact) mass is 345 g/mol. The van der Waals surface area contributed by atoms with E-state index in [0.717, 1.165) is 5.57 Å². The number of pyridine rings is 1. The zero-order chi connectivity index (χ0) is 18.5. The van der Waals surface area contributed by atoms with Crippen LogP contribution in [0.15, 0.2) is 59.9 Å². The maximum Gasteiger partial charge on any atom is 0.335 e. The van der Waals surface area contributed by atoms with Gasteiger partial charge in [0.15, 0.2) is 0 Å². The summed E-state index contributed by atoms with van der Waals surface area (Å²) in [5.74, 6) is -1.07. The highest BCUT2D eigenvalue weighted by molar-refractivity contribution is 6.01. The molecule has 3 N–H and O–H groups in total. The second-order valence-electron chi connectivity index (χ2n) is 4.98. The number of ether oxygens (including phenoxy) is 1. The van der Waals surface area contributed by atoms with Crippen molar-refractivity contribution in [2.24, 2.45) is 5.16 Å². The summed E-state index contributed by atoms with van der Waals surface area (Å²) in [5, 5.41) is 24.4. The van der Waals surface area contributed by atoms with E-state index in [9.17, 15) is 4.79 Å². The van der Waals surface area contributed by atoms with E-state index in [-0.39, 0.29) is 23.6 Å². The fourth-order valence-electron chi connectivity index (χ4n) is 1.84. The van der Waals surface area contributed by atoms with Gasteiger partial charge in [-0.25, -0.2) is 4.79 Å². The molecule has 7 nitrogen and oxygen atoms in total. The van der Waals surface area contributed by atoms with Crippen LogP contribution in [0.25, 0.3) is 0 Å². The molecule has 0 saturated carbocycles. The molecule has 1 heterocycles. The lowest BCUT2D eigenvalue weighted by Crippen LogP contribution is -2.23. The Morgan fingerprint density at radius 2 is 2.32 bits per heavy atom. The highest BCUT2D eigenvalue weighted by Gasteiger charge is 2.10. The van der Waals surface area contributed by atoms with Crippen LogP contribution in [0.4, 0.5) is 0 Å². The molecule has 134 valence electrons. The van der Waals surface area contributed by atoms with Crippen molar-refractivity contribution in [3.63, 3.8) is 0 Å². The summed E-state index contributed by atoms with van der Waals surface area (Å²) >= 11 is 0. The van der Waals surface area contributed by atoms with Gasteiger partial charge in [0.2, 0.25) is 0 Å². The van der Waals surface area contributed by atoms with Crippen molar-refractivity contribution in [1.29, 1.82) is 0 Å². The van der Waals surface area contributed by atoms with Gasteiger partial charge in [0, 0.05) is 19.3 Å². The van der Waals surface area contributed by atoms with Crippen LogP contribution in [0.3, 0.4) is 0 Å². The SMILES string of the molecule is C=C/C(=C\C=C/C)CNCCOC/C(=N\O)c1cc(C(=O)O)ccn1. The molecular formula is C18H23N3O4. The number of aromatic carboxylic acids is 1. The van der Waals surface area contributed by atoms with Gasteiger partial charge in [0.25, 0.3) is 0 Å². The molecule has 0 spiro atoms. The molecule has 7 heteroatoms. The molecule has 1 aromatic heterocycles. The first kappa shape index (κ1) is 20.3. The lowest BCUT2D eigenvalue weighted by atomic mass is 10.2. The van der Waals surface area contributed by atoms with E-state index >= 15 is 0 Å². The number of carboxylic acid groups (broad SMARTS) is 1. The van der Waals surface area contributed by atoms with Gasteiger partial charge in [-0.3, -0.25) is 4.98 Å². The first-order valence-electron chi connectivity index (χ1n) is 7.75. The Balaban J connectivity index is 2.40. The molecule has 0 atom stereocenters. The van der Waals surface area contributed by atoms with E-state index in [1.54, 1.807) is 6.08 Å². The largest absolute Gasteiger partial charge is 0.478 e. The Morgan fingerprint density at radius 1 is 1.52 bits per heavy atom. The minimum atomic E-state index is -1.07. The molecule has 0 aliphatic carbocycles. The van der Waals surface area contributed by atoms with Crippen LogP contribution in [0.5, 0.6) is 0 Å². The third-order valence-electron chi connectivity index (χ3n) is 3.18. The van der Waals surface area contributed by atoms with Gasteiger partial charge in [-0.15, -0.1) is 0 Å². The maximum atomic E-state index is 11.0. The zero-order valence-corrected chi connectivity index (χ0v) is 14.2. The third kappa shape index (κ3) is 7.56. The van der Waals surface area contributed by atoms with Crippen molar-refractivity contribution < 1.29 is 19.8 Å². The normalized spacial score (nSPS) is 12.5. The maximum absolute atomic E-state index is 11.0. The summed E-state index contributed by atoms with van der Waals surface area (Å²) in [6, 6.07) is 2.70. The molecule has 1 rings (SSSR count). The van der Waals surface area contributed by atoms with Crippen molar-refractivity contribution in [3.05, 3.63) is 66.0 Å². The van der Waals surface area contributed by atoms with Crippen molar-refractivity contribution in [1.82, 2.24) is 10.3 Å². The lowest BCUT2D eigenvalue weighted by molar-refractivity contribution is 0.0696. The molecule has 0 bridgehead atoms. The topological polar surface area (TPSA) is 104 Å². The number of oxime groups is 1. The first-order chi connectivity index (χ1) is 12.1. The number of hydrogen-bond donors (Lipinski definition) is 3. The van der Waals surface area contributed by atoms with E-state index in [1.165, 1.54) is 18.3 Å². The molecular weight excluding hydrogens is 322 g/mol. The van der Waals surface area contributed by atoms with E-state index in [0.29, 0.717) is 19.7 Å². The summed E-state index contributed by atoms with van der Waals surface area (Å²) in [6.07, 6.45) is 8.98. The number of nitrogens with one attached hydrogen (secondary N) is 1. The second-order valence-corrected chi connectivity index (χ2v) is 4.98. The van der Waals surface area contributed by atoms with Crippen molar-refractivity contribution in [2.45, 2.75) is 6.92 Å². The van der Waals surface area contributed by atoms with Gasteiger partial charge in [0.05, 0.1) is 24.5 Å². The number of allylic oxidation sites excluding steroid dienone is 3. The molecule has 25 heavy (non-hydrogen) atoms.